The first-order chi connectivity index (χ1) is 20.0. The highest BCUT2D eigenvalue weighted by atomic mass is 35.5. The van der Waals surface area contributed by atoms with E-state index in [0.717, 1.165) is 19.1 Å². The van der Waals surface area contributed by atoms with Gasteiger partial charge in [0.2, 0.25) is 10.0 Å². The molecule has 1 heterocycles. The van der Waals surface area contributed by atoms with Crippen LogP contribution < -0.4 is 22.8 Å². The minimum absolute atomic E-state index is 0.0382. The molecule has 1 atom stereocenters. The average Bonchev–Trinajstić information content (AvgIpc) is 3.77. The van der Waals surface area contributed by atoms with Crippen LogP contribution in [-0.2, 0) is 14.8 Å². The zero-order chi connectivity index (χ0) is 30.4. The summed E-state index contributed by atoms with van der Waals surface area (Å²) in [4.78, 5) is 17.0. The Morgan fingerprint density at radius 1 is 1.05 bits per heavy atom. The smallest absolute Gasteiger partial charge is 0.387 e. The summed E-state index contributed by atoms with van der Waals surface area (Å²) < 4.78 is 77.8. The SMILES string of the molecule is Cc1cc(C(=O)OCC(c2ccc(OC(F)F)c(OCC3CC3)c2)c2c(OCl)cncc2OCl)ccc1NS(C)(=O)=O. The van der Waals surface area contributed by atoms with Gasteiger partial charge >= 0.3 is 12.6 Å². The molecule has 10 nitrogen and oxygen atoms in total. The van der Waals surface area contributed by atoms with E-state index in [1.165, 1.54) is 48.8 Å². The van der Waals surface area contributed by atoms with Crippen LogP contribution in [0.25, 0.3) is 0 Å². The van der Waals surface area contributed by atoms with E-state index in [2.05, 4.69) is 14.4 Å². The number of pyridine rings is 1. The Bertz CT molecular complexity index is 1520. The zero-order valence-electron chi connectivity index (χ0n) is 22.3. The zero-order valence-corrected chi connectivity index (χ0v) is 24.6. The fraction of sp³-hybridized carbons (Fsp3) is 0.333. The van der Waals surface area contributed by atoms with Crippen molar-refractivity contribution >= 4 is 45.4 Å². The fourth-order valence-corrected chi connectivity index (χ4v) is 5.01. The Balaban J connectivity index is 1.68. The number of hydrogen-bond donors (Lipinski definition) is 1. The minimum Gasteiger partial charge on any atom is -0.489 e. The van der Waals surface area contributed by atoms with Gasteiger partial charge in [0.05, 0.1) is 48.0 Å². The standard InChI is InChI=1S/C27H26Cl2F2N2O8S/c1-15-9-18(5-7-20(15)33-42(2,35)36)26(34)38-14-19(25-23(40-28)11-32-12-24(25)41-29)17-6-8-21(39-27(30)31)22(10-17)37-13-16-3-4-16/h5-12,16,19,27,33H,3-4,13-14H2,1-2H3. The van der Waals surface area contributed by atoms with Crippen molar-refractivity contribution in [1.29, 1.82) is 0 Å². The Morgan fingerprint density at radius 2 is 1.74 bits per heavy atom. The number of carbonyl (C=O) groups is 1. The van der Waals surface area contributed by atoms with Gasteiger partial charge in [-0.15, -0.1) is 0 Å². The summed E-state index contributed by atoms with van der Waals surface area (Å²) in [6.45, 7) is -1.45. The van der Waals surface area contributed by atoms with Crippen LogP contribution in [0.3, 0.4) is 0 Å². The quantitative estimate of drug-likeness (QED) is 0.204. The van der Waals surface area contributed by atoms with Crippen LogP contribution in [0.2, 0.25) is 0 Å². The summed E-state index contributed by atoms with van der Waals surface area (Å²) in [7, 11) is -3.53. The summed E-state index contributed by atoms with van der Waals surface area (Å²) in [6.07, 6.45) is 5.55. The number of aryl methyl sites for hydroxylation is 1. The van der Waals surface area contributed by atoms with E-state index >= 15 is 0 Å². The lowest BCUT2D eigenvalue weighted by Crippen LogP contribution is -2.17. The van der Waals surface area contributed by atoms with E-state index in [-0.39, 0.29) is 40.7 Å². The minimum atomic E-state index is -3.53. The number of hydrogen-bond acceptors (Lipinski definition) is 9. The molecule has 226 valence electrons. The van der Waals surface area contributed by atoms with Crippen molar-refractivity contribution in [2.45, 2.75) is 32.3 Å². The molecule has 42 heavy (non-hydrogen) atoms. The van der Waals surface area contributed by atoms with Crippen molar-refractivity contribution in [2.24, 2.45) is 5.92 Å². The molecule has 0 aliphatic heterocycles. The van der Waals surface area contributed by atoms with E-state index < -0.39 is 28.5 Å². The van der Waals surface area contributed by atoms with Crippen molar-refractivity contribution in [3.8, 4) is 23.0 Å². The second kappa shape index (κ2) is 13.6. The van der Waals surface area contributed by atoms with Gasteiger partial charge in [0.15, 0.2) is 23.0 Å². The molecule has 1 aliphatic rings. The van der Waals surface area contributed by atoms with Crippen molar-refractivity contribution < 1.29 is 44.8 Å². The lowest BCUT2D eigenvalue weighted by molar-refractivity contribution is -0.0515. The predicted molar refractivity (Wildman–Crippen MR) is 150 cm³/mol. The predicted octanol–water partition coefficient (Wildman–Crippen LogP) is 6.21. The topological polar surface area (TPSA) is 122 Å². The normalized spacial score (nSPS) is 13.8. The van der Waals surface area contributed by atoms with Crippen LogP contribution in [0.15, 0.2) is 48.8 Å². The van der Waals surface area contributed by atoms with Gasteiger partial charge in [0, 0.05) is 0 Å². The van der Waals surface area contributed by atoms with E-state index in [0.29, 0.717) is 29.3 Å². The van der Waals surface area contributed by atoms with Crippen LogP contribution in [0.5, 0.6) is 23.0 Å². The number of ether oxygens (including phenoxy) is 3. The number of halogens is 4. The number of anilines is 1. The van der Waals surface area contributed by atoms with Crippen LogP contribution in [0, 0.1) is 12.8 Å². The maximum absolute atomic E-state index is 13.1. The number of sulfonamides is 1. The number of benzene rings is 2. The van der Waals surface area contributed by atoms with Gasteiger partial charge in [-0.1, -0.05) is 6.07 Å². The molecule has 4 rings (SSSR count). The van der Waals surface area contributed by atoms with Crippen molar-refractivity contribution in [3.63, 3.8) is 0 Å². The summed E-state index contributed by atoms with van der Waals surface area (Å²) in [6, 6.07) is 8.62. The largest absolute Gasteiger partial charge is 0.489 e. The Morgan fingerprint density at radius 3 is 2.31 bits per heavy atom. The summed E-state index contributed by atoms with van der Waals surface area (Å²) in [5.41, 5.74) is 1.64. The molecule has 0 bridgehead atoms. The molecule has 3 aromatic rings. The number of nitrogens with zero attached hydrogens (tertiary/aromatic N) is 1. The summed E-state index contributed by atoms with van der Waals surface area (Å²) >= 11 is 11.4. The third-order valence-corrected chi connectivity index (χ3v) is 7.25. The van der Waals surface area contributed by atoms with Gasteiger partial charge in [-0.05, 0) is 67.1 Å². The fourth-order valence-electron chi connectivity index (χ4n) is 4.13. The van der Waals surface area contributed by atoms with Crippen LogP contribution in [-0.4, -0.2) is 45.5 Å². The molecule has 0 spiro atoms. The first-order valence-corrected chi connectivity index (χ1v) is 15.0. The highest BCUT2D eigenvalue weighted by molar-refractivity contribution is 7.92. The number of carbonyl (C=O) groups excluding carboxylic acids is 1. The molecule has 1 N–H and O–H groups in total. The third-order valence-electron chi connectivity index (χ3n) is 6.33. The number of esters is 1. The molecule has 1 aromatic heterocycles. The van der Waals surface area contributed by atoms with Crippen LogP contribution in [0.1, 0.15) is 45.8 Å². The monoisotopic (exact) mass is 646 g/mol. The molecule has 1 saturated carbocycles. The number of nitrogens with one attached hydrogen (secondary N) is 1. The molecule has 0 radical (unpaired) electrons. The van der Waals surface area contributed by atoms with Crippen LogP contribution >= 0.6 is 23.7 Å². The maximum Gasteiger partial charge on any atom is 0.387 e. The van der Waals surface area contributed by atoms with Gasteiger partial charge < -0.3 is 22.8 Å². The second-order valence-corrected chi connectivity index (χ2v) is 11.7. The number of aromatic nitrogens is 1. The highest BCUT2D eigenvalue weighted by Crippen LogP contribution is 2.42. The molecule has 1 fully saturated rings. The number of rotatable bonds is 14. The lowest BCUT2D eigenvalue weighted by Gasteiger charge is -2.22. The van der Waals surface area contributed by atoms with E-state index in [9.17, 15) is 22.0 Å². The lowest BCUT2D eigenvalue weighted by atomic mass is 9.91. The number of alkyl halides is 2. The molecular weight excluding hydrogens is 621 g/mol. The first-order valence-electron chi connectivity index (χ1n) is 12.5. The molecule has 2 aromatic carbocycles. The van der Waals surface area contributed by atoms with Gasteiger partial charge in [0.1, 0.15) is 30.3 Å². The van der Waals surface area contributed by atoms with Crippen molar-refractivity contribution in [3.05, 3.63) is 71.0 Å². The summed E-state index contributed by atoms with van der Waals surface area (Å²) in [5, 5.41) is 0. The molecule has 1 unspecified atom stereocenters. The second-order valence-electron chi connectivity index (χ2n) is 9.60. The van der Waals surface area contributed by atoms with Gasteiger partial charge in [0.25, 0.3) is 0 Å². The molecule has 0 amide bonds. The molecule has 1 aliphatic carbocycles. The van der Waals surface area contributed by atoms with Gasteiger partial charge in [-0.25, -0.2) is 13.2 Å². The Hall–Kier alpha value is -3.55. The van der Waals surface area contributed by atoms with Crippen molar-refractivity contribution in [2.75, 3.05) is 24.2 Å². The van der Waals surface area contributed by atoms with E-state index in [4.69, 9.17) is 41.8 Å². The Kier molecular flexibility index (Phi) is 10.2. The molecule has 15 heteroatoms. The van der Waals surface area contributed by atoms with Gasteiger partial charge in [-0.3, -0.25) is 9.71 Å². The first kappa shape index (κ1) is 31.4. The molecule has 0 saturated heterocycles. The van der Waals surface area contributed by atoms with Gasteiger partial charge in [-0.2, -0.15) is 8.78 Å². The summed E-state index contributed by atoms with van der Waals surface area (Å²) in [5.74, 6) is -1.30. The van der Waals surface area contributed by atoms with E-state index in [1.807, 2.05) is 0 Å². The average molecular weight is 647 g/mol. The third kappa shape index (κ3) is 8.26. The van der Waals surface area contributed by atoms with Crippen LogP contribution in [0.4, 0.5) is 14.5 Å². The van der Waals surface area contributed by atoms with Crippen molar-refractivity contribution in [1.82, 2.24) is 4.98 Å². The molecular formula is C27H26Cl2F2N2O8S. The Labute approximate surface area is 251 Å². The maximum atomic E-state index is 13.1. The highest BCUT2D eigenvalue weighted by Gasteiger charge is 2.29. The van der Waals surface area contributed by atoms with E-state index in [1.54, 1.807) is 6.92 Å².